The molecule has 1 aromatic heterocycles. The number of halogens is 5. The first kappa shape index (κ1) is 27.4. The molecule has 202 valence electrons. The summed E-state index contributed by atoms with van der Waals surface area (Å²) in [7, 11) is 0. The molecule has 0 aliphatic carbocycles. The van der Waals surface area contributed by atoms with Crippen molar-refractivity contribution in [2.45, 2.75) is 38.6 Å². The van der Waals surface area contributed by atoms with Gasteiger partial charge in [-0.05, 0) is 60.7 Å². The zero-order valence-electron chi connectivity index (χ0n) is 20.9. The SMILES string of the molecule is CC1CCCC(N2CCC(c3c(Br)ccc(Cl)c3F)=CC2=O)c2cc(ccn2)-c2cc(F)c(F)cc2NC1=O. The number of nitrogens with zero attached hydrogens (tertiary/aromatic N) is 2. The van der Waals surface area contributed by atoms with Gasteiger partial charge in [0.2, 0.25) is 11.8 Å². The maximum atomic E-state index is 14.8. The number of amides is 2. The average molecular weight is 619 g/mol. The van der Waals surface area contributed by atoms with Gasteiger partial charge in [-0.25, -0.2) is 13.2 Å². The van der Waals surface area contributed by atoms with Gasteiger partial charge in [0.25, 0.3) is 0 Å². The number of carbonyl (C=O) groups is 2. The Morgan fingerprint density at radius 3 is 2.62 bits per heavy atom. The summed E-state index contributed by atoms with van der Waals surface area (Å²) in [5, 5.41) is 2.71. The van der Waals surface area contributed by atoms with Gasteiger partial charge in [-0.1, -0.05) is 40.9 Å². The summed E-state index contributed by atoms with van der Waals surface area (Å²) in [5.74, 6) is -3.69. The molecule has 0 spiro atoms. The number of carbonyl (C=O) groups excluding carboxylic acids is 2. The van der Waals surface area contributed by atoms with Crippen molar-refractivity contribution in [3.8, 4) is 11.1 Å². The van der Waals surface area contributed by atoms with Gasteiger partial charge in [-0.15, -0.1) is 0 Å². The molecule has 2 atom stereocenters. The van der Waals surface area contributed by atoms with Gasteiger partial charge in [0, 0.05) is 46.4 Å². The maximum Gasteiger partial charge on any atom is 0.247 e. The predicted octanol–water partition coefficient (Wildman–Crippen LogP) is 7.70. The molecule has 3 aromatic rings. The molecule has 3 heterocycles. The molecule has 2 amide bonds. The van der Waals surface area contributed by atoms with E-state index in [0.29, 0.717) is 59.1 Å². The van der Waals surface area contributed by atoms with E-state index in [0.717, 1.165) is 12.1 Å². The monoisotopic (exact) mass is 617 g/mol. The standard InChI is InChI=1S/C29H24BrClF3N3O2/c1-15-3-2-4-25(37-10-8-17(12-26(37)38)27-19(30)5-6-20(31)28(27)34)24-11-16(7-9-35-24)18-13-21(32)22(33)14-23(18)36-29(15)39/h5-7,9,11-15,25H,2-4,8,10H2,1H3,(H,36,39). The summed E-state index contributed by atoms with van der Waals surface area (Å²) >= 11 is 9.36. The van der Waals surface area contributed by atoms with Gasteiger partial charge >= 0.3 is 0 Å². The second-order valence-corrected chi connectivity index (χ2v) is 11.0. The van der Waals surface area contributed by atoms with Crippen molar-refractivity contribution in [1.82, 2.24) is 9.88 Å². The number of aromatic nitrogens is 1. The summed E-state index contributed by atoms with van der Waals surface area (Å²) in [6, 6.07) is 8.06. The van der Waals surface area contributed by atoms with E-state index in [1.54, 1.807) is 36.2 Å². The van der Waals surface area contributed by atoms with E-state index < -0.39 is 29.4 Å². The quantitative estimate of drug-likeness (QED) is 0.300. The minimum atomic E-state index is -1.06. The van der Waals surface area contributed by atoms with Crippen LogP contribution in [0.2, 0.25) is 5.02 Å². The number of nitrogens with one attached hydrogen (secondary N) is 1. The van der Waals surface area contributed by atoms with Crippen molar-refractivity contribution in [3.05, 3.63) is 86.9 Å². The second-order valence-electron chi connectivity index (χ2n) is 9.79. The van der Waals surface area contributed by atoms with Crippen LogP contribution in [-0.2, 0) is 9.59 Å². The highest BCUT2D eigenvalue weighted by Gasteiger charge is 2.31. The Labute approximate surface area is 237 Å². The number of hydrogen-bond acceptors (Lipinski definition) is 3. The normalized spacial score (nSPS) is 19.9. The molecular formula is C29H24BrClF3N3O2. The lowest BCUT2D eigenvalue weighted by Gasteiger charge is -2.34. The highest BCUT2D eigenvalue weighted by molar-refractivity contribution is 9.10. The van der Waals surface area contributed by atoms with Gasteiger partial charge in [0.15, 0.2) is 11.6 Å². The summed E-state index contributed by atoms with van der Waals surface area (Å²) in [6.07, 6.45) is 5.03. The van der Waals surface area contributed by atoms with Gasteiger partial charge in [-0.2, -0.15) is 0 Å². The molecule has 2 aliphatic heterocycles. The summed E-state index contributed by atoms with van der Waals surface area (Å²) in [5.41, 5.74) is 2.39. The van der Waals surface area contributed by atoms with Crippen molar-refractivity contribution in [2.75, 3.05) is 11.9 Å². The van der Waals surface area contributed by atoms with Gasteiger partial charge < -0.3 is 10.2 Å². The van der Waals surface area contributed by atoms with Crippen LogP contribution in [0.5, 0.6) is 0 Å². The zero-order chi connectivity index (χ0) is 27.8. The molecule has 5 nitrogen and oxygen atoms in total. The Balaban J connectivity index is 1.55. The van der Waals surface area contributed by atoms with E-state index >= 15 is 0 Å². The number of rotatable bonds is 2. The molecule has 2 aliphatic rings. The van der Waals surface area contributed by atoms with Crippen LogP contribution in [-0.4, -0.2) is 28.2 Å². The number of benzene rings is 2. The van der Waals surface area contributed by atoms with Crippen LogP contribution in [0.4, 0.5) is 18.9 Å². The Morgan fingerprint density at radius 2 is 1.85 bits per heavy atom. The van der Waals surface area contributed by atoms with Crippen LogP contribution >= 0.6 is 27.5 Å². The molecular weight excluding hydrogens is 595 g/mol. The van der Waals surface area contributed by atoms with E-state index in [9.17, 15) is 22.8 Å². The average Bonchev–Trinajstić information content (AvgIpc) is 2.91. The van der Waals surface area contributed by atoms with E-state index in [2.05, 4.69) is 26.2 Å². The first-order valence-corrected chi connectivity index (χ1v) is 13.7. The molecule has 39 heavy (non-hydrogen) atoms. The van der Waals surface area contributed by atoms with Crippen molar-refractivity contribution in [2.24, 2.45) is 5.92 Å². The highest BCUT2D eigenvalue weighted by Crippen LogP contribution is 2.39. The van der Waals surface area contributed by atoms with Gasteiger partial charge in [-0.3, -0.25) is 14.6 Å². The highest BCUT2D eigenvalue weighted by atomic mass is 79.9. The van der Waals surface area contributed by atoms with Gasteiger partial charge in [0.1, 0.15) is 5.82 Å². The van der Waals surface area contributed by atoms with Crippen LogP contribution in [0.1, 0.15) is 49.9 Å². The summed E-state index contributed by atoms with van der Waals surface area (Å²) in [4.78, 5) is 32.5. The van der Waals surface area contributed by atoms with Crippen molar-refractivity contribution in [1.29, 1.82) is 0 Å². The topological polar surface area (TPSA) is 62.3 Å². The number of fused-ring (bicyclic) bond motifs is 4. The minimum absolute atomic E-state index is 0.0286. The lowest BCUT2D eigenvalue weighted by Crippen LogP contribution is -2.38. The van der Waals surface area contributed by atoms with Crippen LogP contribution in [0.3, 0.4) is 0 Å². The Kier molecular flexibility index (Phi) is 7.82. The van der Waals surface area contributed by atoms with Crippen LogP contribution in [0.25, 0.3) is 16.7 Å². The first-order valence-electron chi connectivity index (χ1n) is 12.5. The van der Waals surface area contributed by atoms with Crippen LogP contribution in [0.15, 0.2) is 53.1 Å². The Bertz CT molecular complexity index is 1510. The molecule has 1 N–H and O–H groups in total. The van der Waals surface area contributed by atoms with E-state index in [1.165, 1.54) is 12.1 Å². The fourth-order valence-electron chi connectivity index (χ4n) is 5.14. The molecule has 0 fully saturated rings. The predicted molar refractivity (Wildman–Crippen MR) is 147 cm³/mol. The van der Waals surface area contributed by atoms with Crippen molar-refractivity contribution >= 4 is 50.6 Å². The summed E-state index contributed by atoms with van der Waals surface area (Å²) < 4.78 is 43.7. The lowest BCUT2D eigenvalue weighted by atomic mass is 9.92. The first-order chi connectivity index (χ1) is 18.6. The fourth-order valence-corrected chi connectivity index (χ4v) is 5.86. The molecule has 5 rings (SSSR count). The Morgan fingerprint density at radius 1 is 1.08 bits per heavy atom. The largest absolute Gasteiger partial charge is 0.330 e. The zero-order valence-corrected chi connectivity index (χ0v) is 23.3. The number of hydrogen-bond donors (Lipinski definition) is 1. The minimum Gasteiger partial charge on any atom is -0.330 e. The third-order valence-corrected chi connectivity index (χ3v) is 8.21. The third-order valence-electron chi connectivity index (χ3n) is 7.26. The summed E-state index contributed by atoms with van der Waals surface area (Å²) in [6.45, 7) is 2.08. The number of pyridine rings is 1. The smallest absolute Gasteiger partial charge is 0.247 e. The molecule has 0 radical (unpaired) electrons. The molecule has 2 unspecified atom stereocenters. The van der Waals surface area contributed by atoms with E-state index in [4.69, 9.17) is 11.6 Å². The van der Waals surface area contributed by atoms with E-state index in [1.807, 2.05) is 0 Å². The van der Waals surface area contributed by atoms with Crippen molar-refractivity contribution in [3.63, 3.8) is 0 Å². The third kappa shape index (κ3) is 5.47. The molecule has 0 saturated carbocycles. The molecule has 2 aromatic carbocycles. The molecule has 0 saturated heterocycles. The lowest BCUT2D eigenvalue weighted by molar-refractivity contribution is -0.129. The Hall–Kier alpha value is -3.17. The van der Waals surface area contributed by atoms with Crippen molar-refractivity contribution < 1.29 is 22.8 Å². The van der Waals surface area contributed by atoms with E-state index in [-0.39, 0.29) is 28.1 Å². The fraction of sp³-hybridized carbons (Fsp3) is 0.276. The van der Waals surface area contributed by atoms with Crippen LogP contribution < -0.4 is 5.32 Å². The maximum absolute atomic E-state index is 14.8. The van der Waals surface area contributed by atoms with Crippen LogP contribution in [0, 0.1) is 23.4 Å². The number of anilines is 1. The van der Waals surface area contributed by atoms with Gasteiger partial charge in [0.05, 0.1) is 22.4 Å². The second kappa shape index (κ2) is 11.1. The molecule has 10 heteroatoms. The molecule has 2 bridgehead atoms.